The molecule has 3 aliphatic carbocycles. The second-order valence-electron chi connectivity index (χ2n) is 30.6. The second kappa shape index (κ2) is 36.8. The molecule has 0 aromatic heterocycles. The van der Waals surface area contributed by atoms with Gasteiger partial charge in [-0.05, 0) is 120 Å². The zero-order valence-electron chi connectivity index (χ0n) is 63.1. The molecule has 0 aromatic rings. The second-order valence-corrected chi connectivity index (χ2v) is 30.6. The van der Waals surface area contributed by atoms with E-state index in [0.717, 1.165) is 29.4 Å². The van der Waals surface area contributed by atoms with Crippen molar-refractivity contribution >= 4 is 70.9 Å². The van der Waals surface area contributed by atoms with Gasteiger partial charge in [0, 0.05) is 82.5 Å². The topological polar surface area (TPSA) is 289 Å². The van der Waals surface area contributed by atoms with Gasteiger partial charge in [-0.2, -0.15) is 26.3 Å². The lowest BCUT2D eigenvalue weighted by molar-refractivity contribution is -0.219. The van der Waals surface area contributed by atoms with Crippen LogP contribution in [0.3, 0.4) is 0 Å². The summed E-state index contributed by atoms with van der Waals surface area (Å²) in [4.78, 5) is 190. The average Bonchev–Trinajstić information content (AvgIpc) is 1.21. The summed E-state index contributed by atoms with van der Waals surface area (Å²) in [6.45, 7) is 3.85. The number of rotatable bonds is 12. The van der Waals surface area contributed by atoms with E-state index in [1.54, 1.807) is 39.8 Å². The quantitative estimate of drug-likeness (QED) is 0.178. The number of carbonyl (C=O) groups excluding carboxylic acids is 12. The fourth-order valence-electron chi connectivity index (χ4n) is 16.4. The van der Waals surface area contributed by atoms with Crippen molar-refractivity contribution in [3.63, 3.8) is 0 Å². The summed E-state index contributed by atoms with van der Waals surface area (Å²) in [5.41, 5.74) is -1.91. The van der Waals surface area contributed by atoms with E-state index in [2.05, 4.69) is 16.0 Å². The fraction of sp³-hybridized carbons (Fsp3) is 0.806. The van der Waals surface area contributed by atoms with Crippen molar-refractivity contribution in [3.05, 3.63) is 12.2 Å². The average molecular weight is 1520 g/mol. The van der Waals surface area contributed by atoms with E-state index in [9.17, 15) is 55.1 Å². The first-order valence-corrected chi connectivity index (χ1v) is 37.3. The SMILES string of the molecule is CCO[C@@H]1C[C@H]2C(=O)NC3(COC3)C(=O)N(C)[C@@H](C3CCCC3)C(=O)N(C)[C@H](C(=O)N(C)C)CC(=O)N(C)[C@@H](CC)C(=O)N[C@@H]([C@@H](C)CC)C(=O)N(C)CC(=O)N(C)[C@H]3C/C=C\CCN(C3=O)[C@@H](CC3CCC(C(F)(F)F)CC3)C(=O)N(C)CC(=O)N[C@@H](CCC3CC(F)C(C(F)(F)F)C(F)C3)C(=O)N2C1. The highest BCUT2D eigenvalue weighted by atomic mass is 19.4. The van der Waals surface area contributed by atoms with Crippen molar-refractivity contribution in [1.29, 1.82) is 0 Å². The Bertz CT molecular complexity index is 3170. The number of fused-ring (bicyclic) bond motifs is 3. The minimum atomic E-state index is -5.22. The summed E-state index contributed by atoms with van der Waals surface area (Å²) in [5.74, 6) is -17.3. The van der Waals surface area contributed by atoms with Crippen LogP contribution in [0.25, 0.3) is 0 Å². The minimum Gasteiger partial charge on any atom is -0.377 e. The third-order valence-corrected chi connectivity index (χ3v) is 23.1. The molecule has 3 N–H and O–H groups in total. The van der Waals surface area contributed by atoms with Crippen LogP contribution in [-0.4, -0.2) is 302 Å². The number of alkyl halides is 8. The van der Waals surface area contributed by atoms with E-state index in [-0.39, 0.29) is 83.9 Å². The van der Waals surface area contributed by atoms with Crippen molar-refractivity contribution in [2.75, 3.05) is 102 Å². The predicted molar refractivity (Wildman–Crippen MR) is 369 cm³/mol. The minimum absolute atomic E-state index is 0.0105. The number of halogens is 8. The lowest BCUT2D eigenvalue weighted by Gasteiger charge is -2.46. The van der Waals surface area contributed by atoms with Crippen molar-refractivity contribution in [3.8, 4) is 0 Å². The van der Waals surface area contributed by atoms with E-state index < -0.39 is 243 Å². The summed E-state index contributed by atoms with van der Waals surface area (Å²) in [6, 6.07) is -11.5. The lowest BCUT2D eigenvalue weighted by Crippen LogP contribution is -2.73. The number of nitrogens with zero attached hydrogens (tertiary/aromatic N) is 9. The number of hydrogen-bond acceptors (Lipinski definition) is 14. The molecule has 6 fully saturated rings. The van der Waals surface area contributed by atoms with Crippen LogP contribution in [-0.2, 0) is 67.0 Å². The number of likely N-dealkylation sites (N-methyl/N-ethyl adjacent to an activating group) is 7. The van der Waals surface area contributed by atoms with Gasteiger partial charge in [-0.1, -0.05) is 52.2 Å². The molecule has 2 unspecified atom stereocenters. The molecule has 4 heterocycles. The van der Waals surface area contributed by atoms with Gasteiger partial charge in [0.05, 0.1) is 44.7 Å². The monoisotopic (exact) mass is 1520 g/mol. The normalized spacial score (nSPS) is 32.3. The molecule has 12 amide bonds. The zero-order valence-corrected chi connectivity index (χ0v) is 63.1. The fourth-order valence-corrected chi connectivity index (χ4v) is 16.4. The standard InChI is InChI=1S/C72H110F8N12O14/c1-13-41(4)59-67(102)86(8)38-57(95)88(10)51-23-17-16-20-30-91(66(51)101)54(33-42-24-27-45(28-25-42)71(75,76)77)65(100)85(7)37-55(93)81-49(29-26-43-31-47(73)58(48(74)32-43)72(78,79)80)63(98)92-36-46(106-15-3)34-52(92)62(97)83-70(39-105-40-70)69(104)90(12)60(44-21-18-19-22-44)68(103)89(11)53(64(99)84(5)6)35-56(94)87(9)50(14-2)61(96)82-59/h16-17,41-54,58-60H,13-15,18-40H2,1-12H3,(H,81,93)(H,82,96)(H,83,97)/b17-16-/t41-,42?,43?,45?,46+,47?,48?,49-,50-,51-,52-,53-,54-,58?,59-,60-/m0/s1. The summed E-state index contributed by atoms with van der Waals surface area (Å²) in [5, 5.41) is 8.18. The van der Waals surface area contributed by atoms with Gasteiger partial charge >= 0.3 is 12.4 Å². The summed E-state index contributed by atoms with van der Waals surface area (Å²) < 4.78 is 127. The van der Waals surface area contributed by atoms with Gasteiger partial charge in [0.2, 0.25) is 65.0 Å². The lowest BCUT2D eigenvalue weighted by atomic mass is 9.76. The van der Waals surface area contributed by atoms with Gasteiger partial charge in [-0.3, -0.25) is 57.5 Å². The van der Waals surface area contributed by atoms with Crippen molar-refractivity contribution in [2.45, 2.75) is 234 Å². The highest BCUT2D eigenvalue weighted by molar-refractivity contribution is 6.01. The summed E-state index contributed by atoms with van der Waals surface area (Å²) >= 11 is 0. The van der Waals surface area contributed by atoms with Crippen molar-refractivity contribution < 1.29 is 102 Å². The molecule has 0 aromatic carbocycles. The summed E-state index contributed by atoms with van der Waals surface area (Å²) in [6.07, 6.45) is -14.2. The summed E-state index contributed by atoms with van der Waals surface area (Å²) in [7, 11) is 10.7. The van der Waals surface area contributed by atoms with Gasteiger partial charge in [-0.15, -0.1) is 0 Å². The van der Waals surface area contributed by atoms with Gasteiger partial charge in [0.25, 0.3) is 5.91 Å². The third-order valence-electron chi connectivity index (χ3n) is 23.1. The van der Waals surface area contributed by atoms with E-state index in [4.69, 9.17) is 9.47 Å². The van der Waals surface area contributed by atoms with E-state index >= 15 is 37.5 Å². The highest BCUT2D eigenvalue weighted by Crippen LogP contribution is 2.45. The first-order chi connectivity index (χ1) is 49.7. The molecule has 3 saturated carbocycles. The van der Waals surface area contributed by atoms with Gasteiger partial charge in [-0.25, -0.2) is 8.78 Å². The molecular weight excluding hydrogens is 1410 g/mol. The van der Waals surface area contributed by atoms with Gasteiger partial charge < -0.3 is 69.5 Å². The number of carbonyl (C=O) groups is 12. The van der Waals surface area contributed by atoms with Gasteiger partial charge in [0.1, 0.15) is 66.6 Å². The van der Waals surface area contributed by atoms with Crippen LogP contribution in [0.1, 0.15) is 150 Å². The Balaban J connectivity index is 1.31. The number of hydrogen-bond donors (Lipinski definition) is 3. The van der Waals surface area contributed by atoms with Crippen LogP contribution in [0.2, 0.25) is 0 Å². The van der Waals surface area contributed by atoms with Crippen molar-refractivity contribution in [2.24, 2.45) is 35.5 Å². The molecule has 7 aliphatic rings. The molecule has 598 valence electrons. The molecule has 2 bridgehead atoms. The number of ether oxygens (including phenoxy) is 2. The first-order valence-electron chi connectivity index (χ1n) is 37.3. The maximum Gasteiger partial charge on any atom is 0.397 e. The Hall–Kier alpha value is -7.26. The van der Waals surface area contributed by atoms with Crippen LogP contribution >= 0.6 is 0 Å². The molecule has 3 saturated heterocycles. The maximum absolute atomic E-state index is 15.5. The Labute approximate surface area is 615 Å². The first kappa shape index (κ1) is 86.0. The zero-order chi connectivity index (χ0) is 78.8. The maximum atomic E-state index is 15.5. The Morgan fingerprint density at radius 2 is 1.28 bits per heavy atom. The molecule has 4 aliphatic heterocycles. The largest absolute Gasteiger partial charge is 0.397 e. The Morgan fingerprint density at radius 3 is 1.84 bits per heavy atom. The van der Waals surface area contributed by atoms with E-state index in [0.29, 0.717) is 32.1 Å². The molecule has 1 spiro atoms. The smallest absolute Gasteiger partial charge is 0.377 e. The number of amides is 12. The van der Waals surface area contributed by atoms with Crippen LogP contribution < -0.4 is 16.0 Å². The van der Waals surface area contributed by atoms with E-state index in [1.165, 1.54) is 71.1 Å². The molecule has 26 nitrogen and oxygen atoms in total. The van der Waals surface area contributed by atoms with Crippen LogP contribution in [0, 0.1) is 35.5 Å². The highest BCUT2D eigenvalue weighted by Gasteiger charge is 2.57. The van der Waals surface area contributed by atoms with Crippen LogP contribution in [0.4, 0.5) is 35.1 Å². The third kappa shape index (κ3) is 20.4. The molecule has 34 heteroatoms. The molecule has 7 rings (SSSR count). The molecular formula is C72H110F8N12O14. The number of nitrogens with one attached hydrogen (secondary N) is 3. The Kier molecular flexibility index (Phi) is 29.8. The Morgan fingerprint density at radius 1 is 0.660 bits per heavy atom. The van der Waals surface area contributed by atoms with Crippen LogP contribution in [0.15, 0.2) is 12.2 Å². The van der Waals surface area contributed by atoms with Gasteiger partial charge in [0.15, 0.2) is 5.54 Å². The molecule has 0 radical (unpaired) electrons. The van der Waals surface area contributed by atoms with Crippen LogP contribution in [0.5, 0.6) is 0 Å². The predicted octanol–water partition coefficient (Wildman–Crippen LogP) is 4.56. The van der Waals surface area contributed by atoms with E-state index in [1.807, 2.05) is 0 Å². The molecule has 12 atom stereocenters. The van der Waals surface area contributed by atoms with Crippen molar-refractivity contribution in [1.82, 2.24) is 60.0 Å². The molecule has 106 heavy (non-hydrogen) atoms.